The van der Waals surface area contributed by atoms with Crippen LogP contribution in [0.4, 0.5) is 14.5 Å². The highest BCUT2D eigenvalue weighted by Gasteiger charge is 2.28. The molecule has 2 unspecified atom stereocenters. The van der Waals surface area contributed by atoms with Crippen LogP contribution in [-0.2, 0) is 14.6 Å². The molecular formula is C13H17F2NO4S. The fourth-order valence-electron chi connectivity index (χ4n) is 2.22. The molecule has 0 aromatic heterocycles. The summed E-state index contributed by atoms with van der Waals surface area (Å²) in [5.41, 5.74) is 0.706. The number of hydrogen-bond donors (Lipinski definition) is 1. The van der Waals surface area contributed by atoms with Crippen LogP contribution in [0.5, 0.6) is 0 Å². The van der Waals surface area contributed by atoms with E-state index in [0.717, 1.165) is 0 Å². The zero-order valence-electron chi connectivity index (χ0n) is 11.4. The Balaban J connectivity index is 2.22. The average molecular weight is 321 g/mol. The second-order valence-electron chi connectivity index (χ2n) is 4.94. The van der Waals surface area contributed by atoms with Crippen molar-refractivity contribution in [2.24, 2.45) is 0 Å². The van der Waals surface area contributed by atoms with Gasteiger partial charge in [0.05, 0.1) is 24.2 Å². The van der Waals surface area contributed by atoms with E-state index in [9.17, 15) is 17.2 Å². The zero-order chi connectivity index (χ0) is 15.6. The molecule has 8 heteroatoms. The summed E-state index contributed by atoms with van der Waals surface area (Å²) < 4.78 is 53.1. The van der Waals surface area contributed by atoms with Gasteiger partial charge in [0.15, 0.2) is 0 Å². The quantitative estimate of drug-likeness (QED) is 0.904. The van der Waals surface area contributed by atoms with Crippen LogP contribution in [-0.4, -0.2) is 51.2 Å². The Morgan fingerprint density at radius 2 is 2.00 bits per heavy atom. The molecule has 118 valence electrons. The molecule has 1 heterocycles. The molecule has 0 bridgehead atoms. The van der Waals surface area contributed by atoms with E-state index in [1.165, 1.54) is 24.3 Å². The predicted molar refractivity (Wildman–Crippen MR) is 73.3 cm³/mol. The fourth-order valence-corrected chi connectivity index (χ4v) is 2.94. The third-order valence-corrected chi connectivity index (χ3v) is 4.84. The number of benzene rings is 1. The lowest BCUT2D eigenvalue weighted by molar-refractivity contribution is -0.0103. The molecule has 1 N–H and O–H groups in total. The monoisotopic (exact) mass is 321 g/mol. The molecule has 1 fully saturated rings. The van der Waals surface area contributed by atoms with Crippen molar-refractivity contribution in [3.63, 3.8) is 0 Å². The Morgan fingerprint density at radius 3 is 2.52 bits per heavy atom. The van der Waals surface area contributed by atoms with Gasteiger partial charge in [-0.15, -0.1) is 0 Å². The fraction of sp³-hybridized carbons (Fsp3) is 0.538. The Morgan fingerprint density at radius 1 is 1.38 bits per heavy atom. The largest absolute Gasteiger partial charge is 0.394 e. The van der Waals surface area contributed by atoms with Crippen LogP contribution in [0.1, 0.15) is 6.92 Å². The van der Waals surface area contributed by atoms with E-state index in [1.807, 2.05) is 11.8 Å². The lowest BCUT2D eigenvalue weighted by Gasteiger charge is -2.39. The van der Waals surface area contributed by atoms with Crippen molar-refractivity contribution in [1.29, 1.82) is 0 Å². The van der Waals surface area contributed by atoms with E-state index >= 15 is 0 Å². The second-order valence-corrected chi connectivity index (χ2v) is 6.86. The van der Waals surface area contributed by atoms with Crippen LogP contribution in [0.25, 0.3) is 0 Å². The standard InChI is InChI=1S/C13H17F2NO4S/c1-9-8-20-11(7-17)6-16(9)10-2-4-12(5-3-10)21(18,19)13(14)15/h2-5,9,11,13,17H,6-8H2,1H3. The van der Waals surface area contributed by atoms with Gasteiger partial charge in [-0.3, -0.25) is 0 Å². The summed E-state index contributed by atoms with van der Waals surface area (Å²) >= 11 is 0. The average Bonchev–Trinajstić information content (AvgIpc) is 2.48. The predicted octanol–water partition coefficient (Wildman–Crippen LogP) is 1.27. The molecule has 1 aliphatic rings. The molecule has 1 aromatic rings. The van der Waals surface area contributed by atoms with E-state index in [-0.39, 0.29) is 18.8 Å². The lowest BCUT2D eigenvalue weighted by atomic mass is 10.1. The molecule has 0 aliphatic carbocycles. The number of morpholine rings is 1. The van der Waals surface area contributed by atoms with Crippen LogP contribution in [0.3, 0.4) is 0 Å². The first-order chi connectivity index (χ1) is 9.86. The van der Waals surface area contributed by atoms with Crippen LogP contribution in [0.15, 0.2) is 29.2 Å². The Labute approximate surface area is 122 Å². The van der Waals surface area contributed by atoms with E-state index < -0.39 is 20.5 Å². The van der Waals surface area contributed by atoms with Crippen LogP contribution >= 0.6 is 0 Å². The summed E-state index contributed by atoms with van der Waals surface area (Å²) in [6, 6.07) is 5.38. The van der Waals surface area contributed by atoms with Gasteiger partial charge in [0.25, 0.3) is 0 Å². The maximum atomic E-state index is 12.5. The number of nitrogens with zero attached hydrogens (tertiary/aromatic N) is 1. The first-order valence-corrected chi connectivity index (χ1v) is 8.02. The number of anilines is 1. The first kappa shape index (κ1) is 16.1. The van der Waals surface area contributed by atoms with Gasteiger partial charge in [-0.05, 0) is 31.2 Å². The van der Waals surface area contributed by atoms with E-state index in [4.69, 9.17) is 9.84 Å². The number of aliphatic hydroxyl groups excluding tert-OH is 1. The van der Waals surface area contributed by atoms with Gasteiger partial charge in [0, 0.05) is 18.3 Å². The molecule has 0 radical (unpaired) electrons. The van der Waals surface area contributed by atoms with Crippen molar-refractivity contribution in [3.8, 4) is 0 Å². The summed E-state index contributed by atoms with van der Waals surface area (Å²) in [5.74, 6) is -3.43. The third kappa shape index (κ3) is 3.33. The van der Waals surface area contributed by atoms with Gasteiger partial charge in [-0.2, -0.15) is 8.78 Å². The number of hydrogen-bond acceptors (Lipinski definition) is 5. The van der Waals surface area contributed by atoms with Crippen LogP contribution < -0.4 is 4.90 Å². The van der Waals surface area contributed by atoms with E-state index in [2.05, 4.69) is 0 Å². The van der Waals surface area contributed by atoms with Crippen molar-refractivity contribution in [1.82, 2.24) is 0 Å². The van der Waals surface area contributed by atoms with Crippen LogP contribution in [0, 0.1) is 0 Å². The number of alkyl halides is 2. The number of rotatable bonds is 4. The highest BCUT2D eigenvalue weighted by molar-refractivity contribution is 7.91. The second kappa shape index (κ2) is 6.25. The molecule has 2 atom stereocenters. The molecule has 0 saturated carbocycles. The summed E-state index contributed by atoms with van der Waals surface area (Å²) in [6.45, 7) is 2.71. The maximum absolute atomic E-state index is 12.5. The highest BCUT2D eigenvalue weighted by Crippen LogP contribution is 2.25. The van der Waals surface area contributed by atoms with Crippen molar-refractivity contribution >= 4 is 15.5 Å². The molecule has 0 spiro atoms. The van der Waals surface area contributed by atoms with Gasteiger partial charge >= 0.3 is 5.76 Å². The number of halogens is 2. The van der Waals surface area contributed by atoms with Gasteiger partial charge in [-0.1, -0.05) is 0 Å². The smallest absolute Gasteiger partial charge is 0.341 e. The minimum Gasteiger partial charge on any atom is -0.394 e. The van der Waals surface area contributed by atoms with Gasteiger partial charge in [-0.25, -0.2) is 8.42 Å². The molecule has 0 amide bonds. The Bertz CT molecular complexity index is 576. The van der Waals surface area contributed by atoms with Gasteiger partial charge in [0.1, 0.15) is 0 Å². The molecule has 1 aromatic carbocycles. The molecule has 5 nitrogen and oxygen atoms in total. The van der Waals surface area contributed by atoms with Crippen molar-refractivity contribution < 1.29 is 27.0 Å². The highest BCUT2D eigenvalue weighted by atomic mass is 32.2. The molecule has 1 saturated heterocycles. The summed E-state index contributed by atoms with van der Waals surface area (Å²) in [7, 11) is -4.57. The number of aliphatic hydroxyl groups is 1. The summed E-state index contributed by atoms with van der Waals surface area (Å²) in [4.78, 5) is 1.55. The van der Waals surface area contributed by atoms with Crippen molar-refractivity contribution in [3.05, 3.63) is 24.3 Å². The van der Waals surface area contributed by atoms with Crippen molar-refractivity contribution in [2.45, 2.75) is 29.7 Å². The van der Waals surface area contributed by atoms with Gasteiger partial charge < -0.3 is 14.7 Å². The molecule has 1 aliphatic heterocycles. The normalized spacial score (nSPS) is 23.6. The first-order valence-electron chi connectivity index (χ1n) is 6.47. The Hall–Kier alpha value is -1.25. The minimum atomic E-state index is -4.57. The minimum absolute atomic E-state index is 0.0466. The SMILES string of the molecule is CC1COC(CO)CN1c1ccc(S(=O)(=O)C(F)F)cc1. The molecule has 21 heavy (non-hydrogen) atoms. The van der Waals surface area contributed by atoms with Crippen molar-refractivity contribution in [2.75, 3.05) is 24.7 Å². The maximum Gasteiger partial charge on any atom is 0.341 e. The molecular weight excluding hydrogens is 304 g/mol. The topological polar surface area (TPSA) is 66.8 Å². The van der Waals surface area contributed by atoms with E-state index in [0.29, 0.717) is 18.8 Å². The van der Waals surface area contributed by atoms with E-state index in [1.54, 1.807) is 0 Å². The number of sulfone groups is 1. The Kier molecular flexibility index (Phi) is 4.80. The summed E-state index contributed by atoms with van der Waals surface area (Å²) in [5, 5.41) is 9.14. The van der Waals surface area contributed by atoms with Gasteiger partial charge in [0.2, 0.25) is 9.84 Å². The summed E-state index contributed by atoms with van der Waals surface area (Å²) in [6.07, 6.45) is -0.314. The zero-order valence-corrected chi connectivity index (χ0v) is 12.3. The molecule has 2 rings (SSSR count). The number of ether oxygens (including phenoxy) is 1. The third-order valence-electron chi connectivity index (χ3n) is 3.44. The lowest BCUT2D eigenvalue weighted by Crippen LogP contribution is -2.49. The van der Waals surface area contributed by atoms with Crippen LogP contribution in [0.2, 0.25) is 0 Å².